The smallest absolute Gasteiger partial charge is 0.326 e. The Kier molecular flexibility index (Phi) is 11.8. The topological polar surface area (TPSA) is 257 Å². The highest BCUT2D eigenvalue weighted by Gasteiger charge is 2.30. The lowest BCUT2D eigenvalue weighted by molar-refractivity contribution is -0.144. The van der Waals surface area contributed by atoms with Gasteiger partial charge in [-0.2, -0.15) is 0 Å². The Balaban J connectivity index is 2.87. The van der Waals surface area contributed by atoms with E-state index in [-0.39, 0.29) is 19.3 Å². The number of nitrogens with one attached hydrogen (secondary N) is 3. The highest BCUT2D eigenvalue weighted by atomic mass is 16.4. The van der Waals surface area contributed by atoms with Gasteiger partial charge in [0, 0.05) is 6.42 Å². The first-order chi connectivity index (χ1) is 16.4. The molecule has 0 bridgehead atoms. The van der Waals surface area contributed by atoms with Crippen LogP contribution in [0.4, 0.5) is 0 Å². The van der Waals surface area contributed by atoms with Crippen molar-refractivity contribution in [1.82, 2.24) is 16.0 Å². The minimum absolute atomic E-state index is 0.159. The number of rotatable bonds is 15. The molecule has 5 amide bonds. The molecule has 4 atom stereocenters. The Hall–Kier alpha value is -4.04. The van der Waals surface area contributed by atoms with Gasteiger partial charge in [-0.05, 0) is 18.4 Å². The highest BCUT2D eigenvalue weighted by molar-refractivity contribution is 5.95. The van der Waals surface area contributed by atoms with E-state index in [1.165, 1.54) is 0 Å². The van der Waals surface area contributed by atoms with Crippen molar-refractivity contribution in [3.8, 4) is 0 Å². The maximum Gasteiger partial charge on any atom is 0.326 e. The molecule has 1 aromatic rings. The second-order valence-corrected chi connectivity index (χ2v) is 7.68. The van der Waals surface area contributed by atoms with E-state index in [0.717, 1.165) is 5.56 Å². The van der Waals surface area contributed by atoms with Gasteiger partial charge in [0.05, 0.1) is 19.1 Å². The number of amides is 5. The van der Waals surface area contributed by atoms with Crippen LogP contribution in [-0.2, 0) is 35.2 Å². The van der Waals surface area contributed by atoms with Crippen molar-refractivity contribution in [2.45, 2.75) is 49.9 Å². The molecule has 192 valence electrons. The van der Waals surface area contributed by atoms with Gasteiger partial charge in [0.1, 0.15) is 18.1 Å². The minimum atomic E-state index is -1.68. The molecule has 14 heteroatoms. The van der Waals surface area contributed by atoms with E-state index in [2.05, 4.69) is 10.6 Å². The largest absolute Gasteiger partial charge is 0.480 e. The van der Waals surface area contributed by atoms with Crippen molar-refractivity contribution in [1.29, 1.82) is 0 Å². The molecule has 35 heavy (non-hydrogen) atoms. The number of carbonyl (C=O) groups excluding carboxylic acids is 5. The molecule has 1 aromatic carbocycles. The van der Waals surface area contributed by atoms with Gasteiger partial charge in [-0.15, -0.1) is 0 Å². The molecule has 0 heterocycles. The summed E-state index contributed by atoms with van der Waals surface area (Å²) in [6.45, 7) is -0.848. The van der Waals surface area contributed by atoms with E-state index in [1.54, 1.807) is 30.3 Å². The quantitative estimate of drug-likeness (QED) is 0.119. The van der Waals surface area contributed by atoms with Gasteiger partial charge in [-0.25, -0.2) is 4.79 Å². The standard InChI is InChI=1S/C21H30N6O8/c22-12(8-11-4-2-1-3-5-11)18(31)27-15(10-28)20(33)25-13(6-7-16(23)29)19(32)26-14(21(34)35)9-17(24)30/h1-5,12-15,28H,6-10,22H2,(H2,23,29)(H2,24,30)(H,25,33)(H,26,32)(H,27,31)(H,34,35). The zero-order valence-corrected chi connectivity index (χ0v) is 18.8. The molecule has 0 saturated heterocycles. The number of hydrogen-bond acceptors (Lipinski definition) is 8. The second kappa shape index (κ2) is 14.3. The fourth-order valence-corrected chi connectivity index (χ4v) is 2.93. The summed E-state index contributed by atoms with van der Waals surface area (Å²) in [4.78, 5) is 71.1. The van der Waals surface area contributed by atoms with Crippen LogP contribution >= 0.6 is 0 Å². The molecule has 0 fully saturated rings. The average molecular weight is 495 g/mol. The predicted molar refractivity (Wildman–Crippen MR) is 121 cm³/mol. The van der Waals surface area contributed by atoms with Crippen molar-refractivity contribution >= 4 is 35.5 Å². The van der Waals surface area contributed by atoms with E-state index in [9.17, 15) is 33.9 Å². The number of aliphatic hydroxyl groups is 1. The van der Waals surface area contributed by atoms with Crippen LogP contribution in [0.1, 0.15) is 24.8 Å². The zero-order chi connectivity index (χ0) is 26.5. The van der Waals surface area contributed by atoms with E-state index >= 15 is 0 Å². The summed E-state index contributed by atoms with van der Waals surface area (Å²) >= 11 is 0. The SMILES string of the molecule is NC(=O)CCC(NC(=O)C(CO)NC(=O)C(N)Cc1ccccc1)C(=O)NC(CC(N)=O)C(=O)O. The summed E-state index contributed by atoms with van der Waals surface area (Å²) in [5, 5.41) is 25.3. The third-order valence-electron chi connectivity index (χ3n) is 4.78. The first-order valence-corrected chi connectivity index (χ1v) is 10.6. The van der Waals surface area contributed by atoms with Crippen LogP contribution in [0.5, 0.6) is 0 Å². The Morgan fingerprint density at radius 2 is 1.34 bits per heavy atom. The van der Waals surface area contributed by atoms with Gasteiger partial charge in [-0.3, -0.25) is 24.0 Å². The molecule has 1 rings (SSSR count). The molecule has 0 saturated carbocycles. The van der Waals surface area contributed by atoms with E-state index in [1.807, 2.05) is 5.32 Å². The lowest BCUT2D eigenvalue weighted by atomic mass is 10.1. The van der Waals surface area contributed by atoms with Gasteiger partial charge in [0.25, 0.3) is 0 Å². The Labute approximate surface area is 200 Å². The van der Waals surface area contributed by atoms with Gasteiger partial charge in [0.15, 0.2) is 0 Å². The van der Waals surface area contributed by atoms with Gasteiger partial charge < -0.3 is 43.4 Å². The monoisotopic (exact) mass is 494 g/mol. The number of aliphatic carboxylic acids is 1. The van der Waals surface area contributed by atoms with Crippen molar-refractivity contribution in [3.63, 3.8) is 0 Å². The molecule has 0 spiro atoms. The lowest BCUT2D eigenvalue weighted by Gasteiger charge is -2.24. The minimum Gasteiger partial charge on any atom is -0.480 e. The summed E-state index contributed by atoms with van der Waals surface area (Å²) in [5.41, 5.74) is 16.7. The molecular formula is C21H30N6O8. The van der Waals surface area contributed by atoms with Gasteiger partial charge >= 0.3 is 5.97 Å². The maximum atomic E-state index is 12.6. The normalized spacial score (nSPS) is 14.0. The molecule has 0 aliphatic heterocycles. The predicted octanol–water partition coefficient (Wildman–Crippen LogP) is -3.77. The summed E-state index contributed by atoms with van der Waals surface area (Å²) in [5.74, 6) is -6.14. The van der Waals surface area contributed by atoms with Crippen molar-refractivity contribution in [2.24, 2.45) is 17.2 Å². The van der Waals surface area contributed by atoms with Crippen LogP contribution in [0.15, 0.2) is 30.3 Å². The van der Waals surface area contributed by atoms with Crippen LogP contribution in [0.25, 0.3) is 0 Å². The van der Waals surface area contributed by atoms with Gasteiger partial charge in [0.2, 0.25) is 29.5 Å². The molecule has 4 unspecified atom stereocenters. The number of aliphatic hydroxyl groups excluding tert-OH is 1. The molecule has 0 radical (unpaired) electrons. The summed E-state index contributed by atoms with van der Waals surface area (Å²) in [7, 11) is 0. The fourth-order valence-electron chi connectivity index (χ4n) is 2.93. The number of nitrogens with two attached hydrogens (primary N) is 3. The molecule has 14 nitrogen and oxygen atoms in total. The first-order valence-electron chi connectivity index (χ1n) is 10.6. The number of carboxylic acids is 1. The highest BCUT2D eigenvalue weighted by Crippen LogP contribution is 2.04. The molecular weight excluding hydrogens is 464 g/mol. The average Bonchev–Trinajstić information content (AvgIpc) is 2.79. The van der Waals surface area contributed by atoms with Crippen molar-refractivity contribution in [2.75, 3.05) is 6.61 Å². The van der Waals surface area contributed by atoms with Crippen LogP contribution in [-0.4, -0.2) is 76.5 Å². The van der Waals surface area contributed by atoms with Crippen LogP contribution in [0, 0.1) is 0 Å². The van der Waals surface area contributed by atoms with Crippen molar-refractivity contribution in [3.05, 3.63) is 35.9 Å². The van der Waals surface area contributed by atoms with Crippen molar-refractivity contribution < 1.29 is 39.0 Å². The molecule has 0 aliphatic carbocycles. The Bertz CT molecular complexity index is 926. The third kappa shape index (κ3) is 10.6. The zero-order valence-electron chi connectivity index (χ0n) is 18.8. The van der Waals surface area contributed by atoms with Gasteiger partial charge in [-0.1, -0.05) is 30.3 Å². The third-order valence-corrected chi connectivity index (χ3v) is 4.78. The molecule has 11 N–H and O–H groups in total. The van der Waals surface area contributed by atoms with E-state index in [4.69, 9.17) is 22.3 Å². The first kappa shape index (κ1) is 29.0. The second-order valence-electron chi connectivity index (χ2n) is 7.68. The number of carboxylic acid groups (broad SMARTS) is 1. The number of primary amides is 2. The number of benzene rings is 1. The number of carbonyl (C=O) groups is 6. The lowest BCUT2D eigenvalue weighted by Crippen LogP contribution is -2.58. The number of hydrogen-bond donors (Lipinski definition) is 8. The van der Waals surface area contributed by atoms with Crippen LogP contribution in [0.3, 0.4) is 0 Å². The van der Waals surface area contributed by atoms with E-state index in [0.29, 0.717) is 0 Å². The summed E-state index contributed by atoms with van der Waals surface area (Å²) < 4.78 is 0. The Morgan fingerprint density at radius 1 is 0.800 bits per heavy atom. The van der Waals surface area contributed by atoms with Crippen LogP contribution in [0.2, 0.25) is 0 Å². The molecule has 0 aliphatic rings. The molecule has 0 aromatic heterocycles. The Morgan fingerprint density at radius 3 is 1.86 bits per heavy atom. The fraction of sp³-hybridized carbons (Fsp3) is 0.429. The van der Waals surface area contributed by atoms with E-state index < -0.39 is 72.7 Å². The van der Waals surface area contributed by atoms with Crippen LogP contribution < -0.4 is 33.2 Å². The maximum absolute atomic E-state index is 12.6. The summed E-state index contributed by atoms with van der Waals surface area (Å²) in [6, 6.07) is 3.12. The summed E-state index contributed by atoms with van der Waals surface area (Å²) in [6.07, 6.45) is -1.24.